The summed E-state index contributed by atoms with van der Waals surface area (Å²) in [5, 5.41) is 2.61. The van der Waals surface area contributed by atoms with Crippen LogP contribution in [0.2, 0.25) is 0 Å². The molecule has 0 fully saturated rings. The number of sulfonamides is 1. The zero-order valence-corrected chi connectivity index (χ0v) is 16.9. The van der Waals surface area contributed by atoms with Crippen LogP contribution in [0.15, 0.2) is 40.0 Å². The topological polar surface area (TPSA) is 121 Å². The first-order chi connectivity index (χ1) is 12.7. The lowest BCUT2D eigenvalue weighted by molar-refractivity contribution is 0.102. The number of H-pyrrole nitrogens is 1. The highest BCUT2D eigenvalue weighted by Crippen LogP contribution is 2.15. The molecule has 0 saturated carbocycles. The lowest BCUT2D eigenvalue weighted by Crippen LogP contribution is -2.27. The number of hydrogen-bond donors (Lipinski definition) is 3. The van der Waals surface area contributed by atoms with Crippen LogP contribution in [0.5, 0.6) is 0 Å². The lowest BCUT2D eigenvalue weighted by atomic mass is 10.2. The monoisotopic (exact) mass is 410 g/mol. The predicted molar refractivity (Wildman–Crippen MR) is 106 cm³/mol. The average molecular weight is 411 g/mol. The van der Waals surface area contributed by atoms with Crippen LogP contribution in [-0.2, 0) is 15.8 Å². The molecule has 3 N–H and O–H groups in total. The quantitative estimate of drug-likeness (QED) is 0.610. The Bertz CT molecular complexity index is 954. The van der Waals surface area contributed by atoms with E-state index in [9.17, 15) is 18.0 Å². The SMILES string of the molecule is CSCc1nc(C(=O)Nc2ccc(S(=O)(=O)NCC(C)C)cc2)cc(=O)[nH]1. The number of carbonyl (C=O) groups is 1. The van der Waals surface area contributed by atoms with Crippen LogP contribution in [-0.4, -0.2) is 37.1 Å². The molecule has 1 heterocycles. The Morgan fingerprint density at radius 1 is 1.26 bits per heavy atom. The standard InChI is InChI=1S/C17H22N4O4S2/c1-11(2)9-18-27(24,25)13-6-4-12(5-7-13)19-17(23)14-8-16(22)21-15(20-14)10-26-3/h4-8,11,18H,9-10H2,1-3H3,(H,19,23)(H,20,21,22). The van der Waals surface area contributed by atoms with Gasteiger partial charge in [-0.05, 0) is 36.4 Å². The highest BCUT2D eigenvalue weighted by molar-refractivity contribution is 7.97. The van der Waals surface area contributed by atoms with E-state index in [0.717, 1.165) is 6.07 Å². The number of aromatic nitrogens is 2. The molecule has 146 valence electrons. The Morgan fingerprint density at radius 3 is 2.52 bits per heavy atom. The van der Waals surface area contributed by atoms with Crippen LogP contribution in [0, 0.1) is 5.92 Å². The average Bonchev–Trinajstić information content (AvgIpc) is 2.60. The van der Waals surface area contributed by atoms with Gasteiger partial charge >= 0.3 is 0 Å². The molecule has 0 saturated heterocycles. The van der Waals surface area contributed by atoms with Crippen LogP contribution in [0.4, 0.5) is 5.69 Å². The molecule has 0 radical (unpaired) electrons. The van der Waals surface area contributed by atoms with Gasteiger partial charge in [0, 0.05) is 18.3 Å². The first kappa shape index (κ1) is 21.1. The number of nitrogens with one attached hydrogen (secondary N) is 3. The molecular weight excluding hydrogens is 388 g/mol. The van der Waals surface area contributed by atoms with Gasteiger partial charge in [-0.1, -0.05) is 13.8 Å². The Labute approximate surface area is 162 Å². The molecule has 2 aromatic rings. The van der Waals surface area contributed by atoms with Crippen molar-refractivity contribution in [1.82, 2.24) is 14.7 Å². The minimum Gasteiger partial charge on any atom is -0.321 e. The van der Waals surface area contributed by atoms with Crippen LogP contribution in [0.1, 0.15) is 30.2 Å². The van der Waals surface area contributed by atoms with Gasteiger partial charge in [0.2, 0.25) is 10.0 Å². The molecule has 0 atom stereocenters. The van der Waals surface area contributed by atoms with Crippen molar-refractivity contribution >= 4 is 33.4 Å². The predicted octanol–water partition coefficient (Wildman–Crippen LogP) is 1.82. The Morgan fingerprint density at radius 2 is 1.93 bits per heavy atom. The number of rotatable bonds is 8. The molecule has 0 aliphatic heterocycles. The summed E-state index contributed by atoms with van der Waals surface area (Å²) in [6.45, 7) is 4.16. The molecule has 1 aromatic carbocycles. The maximum absolute atomic E-state index is 12.3. The van der Waals surface area contributed by atoms with E-state index in [1.165, 1.54) is 36.0 Å². The molecular formula is C17H22N4O4S2. The van der Waals surface area contributed by atoms with E-state index in [-0.39, 0.29) is 16.5 Å². The normalized spacial score (nSPS) is 11.6. The third-order valence-electron chi connectivity index (χ3n) is 3.41. The fraction of sp³-hybridized carbons (Fsp3) is 0.353. The zero-order valence-electron chi connectivity index (χ0n) is 15.3. The molecule has 0 bridgehead atoms. The van der Waals surface area contributed by atoms with E-state index in [1.54, 1.807) is 0 Å². The van der Waals surface area contributed by atoms with Crippen molar-refractivity contribution in [1.29, 1.82) is 0 Å². The van der Waals surface area contributed by atoms with Crippen molar-refractivity contribution < 1.29 is 13.2 Å². The molecule has 0 unspecified atom stereocenters. The van der Waals surface area contributed by atoms with Crippen molar-refractivity contribution in [3.63, 3.8) is 0 Å². The maximum Gasteiger partial charge on any atom is 0.274 e. The molecule has 1 aromatic heterocycles. The van der Waals surface area contributed by atoms with Gasteiger partial charge in [0.15, 0.2) is 0 Å². The van der Waals surface area contributed by atoms with E-state index in [4.69, 9.17) is 0 Å². The molecule has 27 heavy (non-hydrogen) atoms. The number of hydrogen-bond acceptors (Lipinski definition) is 6. The number of thioether (sulfide) groups is 1. The second-order valence-electron chi connectivity index (χ2n) is 6.23. The van der Waals surface area contributed by atoms with Crippen LogP contribution in [0.3, 0.4) is 0 Å². The van der Waals surface area contributed by atoms with Gasteiger partial charge in [0.05, 0.1) is 10.6 Å². The van der Waals surface area contributed by atoms with Crippen molar-refractivity contribution in [2.75, 3.05) is 18.1 Å². The molecule has 0 aliphatic carbocycles. The molecule has 0 spiro atoms. The number of amides is 1. The number of anilines is 1. The van der Waals surface area contributed by atoms with Crippen molar-refractivity contribution in [3.8, 4) is 0 Å². The molecule has 0 aliphatic rings. The second kappa shape index (κ2) is 9.16. The number of nitrogens with zero attached hydrogens (tertiary/aromatic N) is 1. The summed E-state index contributed by atoms with van der Waals surface area (Å²) in [5.74, 6) is 0.539. The number of aromatic amines is 1. The summed E-state index contributed by atoms with van der Waals surface area (Å²) in [6, 6.07) is 6.90. The third kappa shape index (κ3) is 6.19. The van der Waals surface area contributed by atoms with Gasteiger partial charge in [-0.25, -0.2) is 18.1 Å². The van der Waals surface area contributed by atoms with Crippen molar-refractivity contribution in [3.05, 3.63) is 52.2 Å². The smallest absolute Gasteiger partial charge is 0.274 e. The fourth-order valence-electron chi connectivity index (χ4n) is 2.10. The van der Waals surface area contributed by atoms with Crippen LogP contribution in [0.25, 0.3) is 0 Å². The summed E-state index contributed by atoms with van der Waals surface area (Å²) >= 11 is 1.47. The minimum absolute atomic E-state index is 0.00176. The molecule has 2 rings (SSSR count). The summed E-state index contributed by atoms with van der Waals surface area (Å²) in [6.07, 6.45) is 1.86. The summed E-state index contributed by atoms with van der Waals surface area (Å²) in [4.78, 5) is 30.8. The van der Waals surface area contributed by atoms with Gasteiger partial charge < -0.3 is 10.3 Å². The number of carbonyl (C=O) groups excluding carboxylic acids is 1. The van der Waals surface area contributed by atoms with Gasteiger partial charge in [0.1, 0.15) is 11.5 Å². The summed E-state index contributed by atoms with van der Waals surface area (Å²) in [7, 11) is -3.59. The largest absolute Gasteiger partial charge is 0.321 e. The van der Waals surface area contributed by atoms with Gasteiger partial charge in [-0.3, -0.25) is 9.59 Å². The first-order valence-electron chi connectivity index (χ1n) is 8.21. The summed E-state index contributed by atoms with van der Waals surface area (Å²) in [5.41, 5.74) is -0.00808. The van der Waals surface area contributed by atoms with E-state index in [1.807, 2.05) is 20.1 Å². The number of benzene rings is 1. The minimum atomic E-state index is -3.59. The van der Waals surface area contributed by atoms with Crippen LogP contribution >= 0.6 is 11.8 Å². The van der Waals surface area contributed by atoms with E-state index in [2.05, 4.69) is 20.0 Å². The lowest BCUT2D eigenvalue weighted by Gasteiger charge is -2.10. The van der Waals surface area contributed by atoms with Crippen molar-refractivity contribution in [2.45, 2.75) is 24.5 Å². The van der Waals surface area contributed by atoms with Crippen LogP contribution < -0.4 is 15.6 Å². The second-order valence-corrected chi connectivity index (χ2v) is 8.87. The Kier molecular flexibility index (Phi) is 7.17. The third-order valence-corrected chi connectivity index (χ3v) is 5.41. The fourth-order valence-corrected chi connectivity index (χ4v) is 3.73. The molecule has 1 amide bonds. The van der Waals surface area contributed by atoms with Crippen molar-refractivity contribution in [2.24, 2.45) is 5.92 Å². The van der Waals surface area contributed by atoms with E-state index >= 15 is 0 Å². The molecule has 8 nitrogen and oxygen atoms in total. The highest BCUT2D eigenvalue weighted by Gasteiger charge is 2.15. The Hall–Kier alpha value is -2.17. The first-order valence-corrected chi connectivity index (χ1v) is 11.1. The van der Waals surface area contributed by atoms with Gasteiger partial charge in [-0.15, -0.1) is 0 Å². The van der Waals surface area contributed by atoms with Gasteiger partial charge in [0.25, 0.3) is 11.5 Å². The van der Waals surface area contributed by atoms with E-state index in [0.29, 0.717) is 23.8 Å². The Balaban J connectivity index is 2.12. The maximum atomic E-state index is 12.3. The molecule has 10 heteroatoms. The van der Waals surface area contributed by atoms with E-state index < -0.39 is 21.5 Å². The highest BCUT2D eigenvalue weighted by atomic mass is 32.2. The van der Waals surface area contributed by atoms with Gasteiger partial charge in [-0.2, -0.15) is 11.8 Å². The summed E-state index contributed by atoms with van der Waals surface area (Å²) < 4.78 is 26.9. The zero-order chi connectivity index (χ0) is 20.0.